The number of ether oxygens (including phenoxy) is 2. The number of carbonyl (C=O) groups excluding carboxylic acids is 4. The van der Waals surface area contributed by atoms with Crippen molar-refractivity contribution in [1.29, 1.82) is 0 Å². The van der Waals surface area contributed by atoms with E-state index in [1.807, 2.05) is 6.92 Å². The predicted molar refractivity (Wildman–Crippen MR) is 119 cm³/mol. The zero-order valence-corrected chi connectivity index (χ0v) is 19.0. The molecule has 0 unspecified atom stereocenters. The topological polar surface area (TPSA) is 90.0 Å². The average molecular weight is 478 g/mol. The van der Waals surface area contributed by atoms with Crippen LogP contribution in [-0.4, -0.2) is 48.2 Å². The Balaban J connectivity index is 1.78. The molecular weight excluding hydrogens is 457 g/mol. The number of amides is 2. The molecule has 1 atom stereocenters. The minimum Gasteiger partial charge on any atom is -0.497 e. The number of methoxy groups -OCH3 is 1. The van der Waals surface area contributed by atoms with Gasteiger partial charge in [-0.25, -0.2) is 4.79 Å². The van der Waals surface area contributed by atoms with Gasteiger partial charge >= 0.3 is 5.97 Å². The van der Waals surface area contributed by atoms with Gasteiger partial charge in [-0.05, 0) is 30.7 Å². The second kappa shape index (κ2) is 10.1. The van der Waals surface area contributed by atoms with Crippen LogP contribution in [0.1, 0.15) is 57.3 Å². The molecule has 2 aromatic rings. The molecule has 0 saturated carbocycles. The highest BCUT2D eigenvalue weighted by molar-refractivity contribution is 6.43. The third-order valence-electron chi connectivity index (χ3n) is 5.11. The van der Waals surface area contributed by atoms with Crippen molar-refractivity contribution in [2.75, 3.05) is 13.7 Å². The van der Waals surface area contributed by atoms with Gasteiger partial charge < -0.3 is 9.47 Å². The maximum Gasteiger partial charge on any atom is 0.329 e. The quantitative estimate of drug-likeness (QED) is 0.298. The molecule has 168 valence electrons. The summed E-state index contributed by atoms with van der Waals surface area (Å²) < 4.78 is 10.3. The molecule has 9 heteroatoms. The SMILES string of the molecule is CCCC[C@@H](C(=O)OCC(=O)c1cccc(OC)c1)N1C(=O)c2cc(Cl)c(Cl)cc2C1=O. The van der Waals surface area contributed by atoms with Crippen molar-refractivity contribution in [3.8, 4) is 5.75 Å². The first-order chi connectivity index (χ1) is 15.3. The Hall–Kier alpha value is -2.90. The van der Waals surface area contributed by atoms with Crippen LogP contribution in [0.25, 0.3) is 0 Å². The van der Waals surface area contributed by atoms with Crippen LogP contribution in [0.4, 0.5) is 0 Å². The van der Waals surface area contributed by atoms with Gasteiger partial charge in [0.2, 0.25) is 0 Å². The average Bonchev–Trinajstić information content (AvgIpc) is 3.02. The molecule has 2 amide bonds. The number of nitrogens with zero attached hydrogens (tertiary/aromatic N) is 1. The summed E-state index contributed by atoms with van der Waals surface area (Å²) in [6.07, 6.45) is 1.50. The fourth-order valence-corrected chi connectivity index (χ4v) is 3.73. The Labute approximate surface area is 195 Å². The van der Waals surface area contributed by atoms with Crippen LogP contribution in [0, 0.1) is 0 Å². The molecule has 2 aromatic carbocycles. The van der Waals surface area contributed by atoms with Crippen molar-refractivity contribution in [3.05, 3.63) is 63.1 Å². The Morgan fingerprint density at radius 2 is 1.66 bits per heavy atom. The van der Waals surface area contributed by atoms with Crippen molar-refractivity contribution >= 4 is 46.8 Å². The third-order valence-corrected chi connectivity index (χ3v) is 5.83. The Bertz CT molecular complexity index is 1040. The van der Waals surface area contributed by atoms with Crippen molar-refractivity contribution in [2.24, 2.45) is 0 Å². The normalized spacial score (nSPS) is 13.7. The summed E-state index contributed by atoms with van der Waals surface area (Å²) in [6, 6.07) is 7.89. The number of fused-ring (bicyclic) bond motifs is 1. The lowest BCUT2D eigenvalue weighted by atomic mass is 10.1. The number of unbranched alkanes of at least 4 members (excludes halogenated alkanes) is 1. The molecule has 0 saturated heterocycles. The van der Waals surface area contributed by atoms with Crippen LogP contribution < -0.4 is 4.74 Å². The van der Waals surface area contributed by atoms with Crippen molar-refractivity contribution in [1.82, 2.24) is 4.90 Å². The lowest BCUT2D eigenvalue weighted by molar-refractivity contribution is -0.147. The van der Waals surface area contributed by atoms with Gasteiger partial charge in [-0.3, -0.25) is 19.3 Å². The molecule has 1 heterocycles. The molecule has 3 rings (SSSR count). The number of hydrogen-bond acceptors (Lipinski definition) is 6. The van der Waals surface area contributed by atoms with E-state index in [1.54, 1.807) is 18.2 Å². The Morgan fingerprint density at radius 1 is 1.03 bits per heavy atom. The standard InChI is InChI=1S/C23H21Cl2NO6/c1-3-4-8-19(23(30)32-12-20(27)13-6-5-7-14(9-13)31-2)26-21(28)15-10-17(24)18(25)11-16(15)22(26)29/h5-7,9-11,19H,3-4,8,12H2,1-2H3/t19-/m0/s1. The molecular formula is C23H21Cl2NO6. The zero-order valence-electron chi connectivity index (χ0n) is 17.5. The van der Waals surface area contributed by atoms with Gasteiger partial charge in [0, 0.05) is 5.56 Å². The van der Waals surface area contributed by atoms with Crippen LogP contribution in [-0.2, 0) is 9.53 Å². The molecule has 0 aliphatic carbocycles. The lowest BCUT2D eigenvalue weighted by Gasteiger charge is -2.24. The molecule has 1 aliphatic heterocycles. The summed E-state index contributed by atoms with van der Waals surface area (Å²) in [5.41, 5.74) is 0.463. The summed E-state index contributed by atoms with van der Waals surface area (Å²) in [5.74, 6) is -2.08. The summed E-state index contributed by atoms with van der Waals surface area (Å²) in [6.45, 7) is 1.38. The highest BCUT2D eigenvalue weighted by Gasteiger charge is 2.43. The van der Waals surface area contributed by atoms with E-state index in [-0.39, 0.29) is 27.6 Å². The fraction of sp³-hybridized carbons (Fsp3) is 0.304. The Kier molecular flexibility index (Phi) is 7.53. The maximum atomic E-state index is 12.9. The smallest absolute Gasteiger partial charge is 0.329 e. The number of rotatable bonds is 9. The van der Waals surface area contributed by atoms with Crippen LogP contribution in [0.2, 0.25) is 10.0 Å². The van der Waals surface area contributed by atoms with Gasteiger partial charge in [0.1, 0.15) is 11.8 Å². The van der Waals surface area contributed by atoms with Crippen LogP contribution in [0.3, 0.4) is 0 Å². The number of Topliss-reactive ketones (excluding diaryl/α,β-unsaturated/α-hetero) is 1. The zero-order chi connectivity index (χ0) is 23.4. The minimum atomic E-state index is -1.17. The first kappa shape index (κ1) is 23.8. The van der Waals surface area contributed by atoms with E-state index in [0.29, 0.717) is 17.7 Å². The molecule has 32 heavy (non-hydrogen) atoms. The number of hydrogen-bond donors (Lipinski definition) is 0. The molecule has 0 aromatic heterocycles. The van der Waals surface area contributed by atoms with Crippen LogP contribution in [0.15, 0.2) is 36.4 Å². The van der Waals surface area contributed by atoms with Crippen molar-refractivity contribution in [3.63, 3.8) is 0 Å². The van der Waals surface area contributed by atoms with E-state index in [4.69, 9.17) is 32.7 Å². The lowest BCUT2D eigenvalue weighted by Crippen LogP contribution is -2.46. The van der Waals surface area contributed by atoms with Gasteiger partial charge in [0.25, 0.3) is 11.8 Å². The summed E-state index contributed by atoms with van der Waals surface area (Å²) in [4.78, 5) is 52.0. The second-order valence-corrected chi connectivity index (χ2v) is 8.03. The van der Waals surface area contributed by atoms with Gasteiger partial charge in [-0.2, -0.15) is 0 Å². The minimum absolute atomic E-state index is 0.0751. The van der Waals surface area contributed by atoms with Gasteiger partial charge in [-0.1, -0.05) is 55.1 Å². The Morgan fingerprint density at radius 3 is 2.22 bits per heavy atom. The monoisotopic (exact) mass is 477 g/mol. The van der Waals surface area contributed by atoms with Gasteiger partial charge in [0.05, 0.1) is 28.3 Å². The number of esters is 1. The molecule has 7 nitrogen and oxygen atoms in total. The molecule has 1 aliphatic rings. The van der Waals surface area contributed by atoms with E-state index in [0.717, 1.165) is 11.3 Å². The van der Waals surface area contributed by atoms with Crippen LogP contribution in [0.5, 0.6) is 5.75 Å². The number of imide groups is 1. The van der Waals surface area contributed by atoms with Crippen LogP contribution >= 0.6 is 23.2 Å². The largest absolute Gasteiger partial charge is 0.497 e. The number of halogens is 2. The highest BCUT2D eigenvalue weighted by atomic mass is 35.5. The molecule has 0 radical (unpaired) electrons. The molecule has 0 N–H and O–H groups in total. The third kappa shape index (κ3) is 4.79. The maximum absolute atomic E-state index is 12.9. The predicted octanol–water partition coefficient (Wildman–Crippen LogP) is 4.58. The first-order valence-electron chi connectivity index (χ1n) is 9.99. The van der Waals surface area contributed by atoms with E-state index < -0.39 is 36.2 Å². The number of ketones is 1. The van der Waals surface area contributed by atoms with E-state index in [9.17, 15) is 19.2 Å². The summed E-state index contributed by atoms with van der Waals surface area (Å²) in [7, 11) is 1.48. The van der Waals surface area contributed by atoms with E-state index in [1.165, 1.54) is 25.3 Å². The number of carbonyl (C=O) groups is 4. The van der Waals surface area contributed by atoms with Gasteiger partial charge in [-0.15, -0.1) is 0 Å². The summed E-state index contributed by atoms with van der Waals surface area (Å²) in [5, 5.41) is 0.259. The molecule has 0 spiro atoms. The second-order valence-electron chi connectivity index (χ2n) is 7.21. The van der Waals surface area contributed by atoms with Gasteiger partial charge in [0.15, 0.2) is 12.4 Å². The molecule has 0 fully saturated rings. The van der Waals surface area contributed by atoms with Crippen molar-refractivity contribution < 1.29 is 28.7 Å². The van der Waals surface area contributed by atoms with Crippen molar-refractivity contribution in [2.45, 2.75) is 32.2 Å². The molecule has 0 bridgehead atoms. The first-order valence-corrected chi connectivity index (χ1v) is 10.7. The van der Waals surface area contributed by atoms with E-state index >= 15 is 0 Å². The van der Waals surface area contributed by atoms with E-state index in [2.05, 4.69) is 0 Å². The summed E-state index contributed by atoms with van der Waals surface area (Å²) >= 11 is 12.0. The number of benzene rings is 2. The fourth-order valence-electron chi connectivity index (χ4n) is 3.40. The highest BCUT2D eigenvalue weighted by Crippen LogP contribution is 2.33.